The molecular weight excluding hydrogens is 344 g/mol. The number of unbranched alkanes of at least 4 members (excludes halogenated alkanes) is 2. The zero-order valence-corrected chi connectivity index (χ0v) is 16.2. The van der Waals surface area contributed by atoms with E-state index in [0.717, 1.165) is 56.1 Å². The fourth-order valence-electron chi connectivity index (χ4n) is 4.04. The summed E-state index contributed by atoms with van der Waals surface area (Å²) in [7, 11) is 0. The van der Waals surface area contributed by atoms with Crippen molar-refractivity contribution in [3.8, 4) is 6.07 Å². The summed E-state index contributed by atoms with van der Waals surface area (Å²) < 4.78 is 0. The molecule has 1 N–H and O–H groups in total. The second-order valence-electron chi connectivity index (χ2n) is 7.43. The molecule has 2 aromatic heterocycles. The number of fused-ring (bicyclic) bond motifs is 2. The summed E-state index contributed by atoms with van der Waals surface area (Å²) in [5.74, 6) is 0. The van der Waals surface area contributed by atoms with E-state index < -0.39 is 0 Å². The van der Waals surface area contributed by atoms with Gasteiger partial charge in [-0.25, -0.2) is 4.98 Å². The van der Waals surface area contributed by atoms with Crippen molar-refractivity contribution >= 4 is 16.6 Å². The van der Waals surface area contributed by atoms with E-state index in [0.29, 0.717) is 5.69 Å². The normalized spacial score (nSPS) is 13.1. The van der Waals surface area contributed by atoms with Crippen LogP contribution in [0.2, 0.25) is 0 Å². The van der Waals surface area contributed by atoms with E-state index in [9.17, 15) is 0 Å². The van der Waals surface area contributed by atoms with Crippen molar-refractivity contribution in [2.45, 2.75) is 51.4 Å². The quantitative estimate of drug-likeness (QED) is 0.595. The third-order valence-electron chi connectivity index (χ3n) is 5.46. The molecule has 4 nitrogen and oxygen atoms in total. The lowest BCUT2D eigenvalue weighted by Crippen LogP contribution is -2.12. The molecule has 1 aromatic carbocycles. The second-order valence-corrected chi connectivity index (χ2v) is 7.43. The number of nitrogens with zero attached hydrogens (tertiary/aromatic N) is 3. The summed E-state index contributed by atoms with van der Waals surface area (Å²) in [5, 5.41) is 13.9. The van der Waals surface area contributed by atoms with E-state index in [4.69, 9.17) is 10.2 Å². The third-order valence-corrected chi connectivity index (χ3v) is 5.46. The van der Waals surface area contributed by atoms with Crippen molar-refractivity contribution < 1.29 is 0 Å². The summed E-state index contributed by atoms with van der Waals surface area (Å²) in [4.78, 5) is 8.89. The molecule has 0 saturated heterocycles. The molecule has 1 aliphatic rings. The Labute approximate surface area is 166 Å². The summed E-state index contributed by atoms with van der Waals surface area (Å²) in [6.07, 6.45) is 10.8. The van der Waals surface area contributed by atoms with Crippen LogP contribution in [0.1, 0.15) is 54.6 Å². The van der Waals surface area contributed by atoms with Crippen LogP contribution in [0.15, 0.2) is 36.5 Å². The lowest BCUT2D eigenvalue weighted by atomic mass is 9.92. The summed E-state index contributed by atoms with van der Waals surface area (Å²) in [6.45, 7) is 0.976. The highest BCUT2D eigenvalue weighted by Crippen LogP contribution is 2.33. The maximum atomic E-state index is 8.91. The van der Waals surface area contributed by atoms with E-state index in [2.05, 4.69) is 46.7 Å². The number of benzene rings is 1. The number of pyridine rings is 2. The minimum atomic E-state index is 0.383. The number of aryl methyl sites for hydroxylation is 2. The zero-order chi connectivity index (χ0) is 19.2. The topological polar surface area (TPSA) is 61.6 Å². The number of nitriles is 1. The van der Waals surface area contributed by atoms with Crippen molar-refractivity contribution in [3.63, 3.8) is 0 Å². The lowest BCUT2D eigenvalue weighted by Gasteiger charge is -2.21. The van der Waals surface area contributed by atoms with Crippen LogP contribution < -0.4 is 5.32 Å². The molecule has 0 bridgehead atoms. The first-order chi connectivity index (χ1) is 13.8. The lowest BCUT2D eigenvalue weighted by molar-refractivity contribution is 0.669. The summed E-state index contributed by atoms with van der Waals surface area (Å²) >= 11 is 0. The first-order valence-corrected chi connectivity index (χ1v) is 10.3. The molecule has 0 amide bonds. The molecule has 0 unspecified atom stereocenters. The van der Waals surface area contributed by atoms with Crippen LogP contribution in [0.4, 0.5) is 5.69 Å². The van der Waals surface area contributed by atoms with E-state index in [1.165, 1.54) is 35.2 Å². The summed E-state index contributed by atoms with van der Waals surface area (Å²) in [6, 6.07) is 15.6. The molecule has 1 radical (unpaired) electrons. The van der Waals surface area contributed by atoms with Gasteiger partial charge in [-0.1, -0.05) is 24.6 Å². The molecule has 3 aromatic rings. The molecule has 0 spiro atoms. The van der Waals surface area contributed by atoms with Crippen LogP contribution >= 0.6 is 0 Å². The third kappa shape index (κ3) is 4.14. The number of anilines is 1. The number of rotatable bonds is 7. The largest absolute Gasteiger partial charge is 0.384 e. The molecule has 4 heteroatoms. The highest BCUT2D eigenvalue weighted by Gasteiger charge is 2.17. The van der Waals surface area contributed by atoms with Gasteiger partial charge in [0.05, 0.1) is 5.52 Å². The van der Waals surface area contributed by atoms with Gasteiger partial charge in [-0.3, -0.25) is 4.98 Å². The van der Waals surface area contributed by atoms with Gasteiger partial charge >= 0.3 is 0 Å². The average Bonchev–Trinajstić information content (AvgIpc) is 2.75. The highest BCUT2D eigenvalue weighted by atomic mass is 14.9. The molecule has 141 valence electrons. The van der Waals surface area contributed by atoms with Crippen LogP contribution in [0, 0.1) is 17.4 Å². The Morgan fingerprint density at radius 1 is 1.07 bits per heavy atom. The fourth-order valence-corrected chi connectivity index (χ4v) is 4.04. The van der Waals surface area contributed by atoms with Gasteiger partial charge in [-0.15, -0.1) is 0 Å². The molecular formula is C24H25N4. The Morgan fingerprint density at radius 3 is 2.89 bits per heavy atom. The maximum Gasteiger partial charge on any atom is 0.148 e. The van der Waals surface area contributed by atoms with Gasteiger partial charge in [-0.05, 0) is 68.2 Å². The number of para-hydroxylation sites is 1. The van der Waals surface area contributed by atoms with Gasteiger partial charge in [0.2, 0.25) is 0 Å². The minimum absolute atomic E-state index is 0.383. The predicted octanol–water partition coefficient (Wildman–Crippen LogP) is 5.01. The SMILES string of the molecule is N#Cc1[c]c(CCCCCNc2c3c(nc4ccccc24)CCCC3)ccn1. The molecule has 4 rings (SSSR count). The molecule has 1 aliphatic carbocycles. The van der Waals surface area contributed by atoms with Crippen molar-refractivity contribution in [3.05, 3.63) is 65.1 Å². The number of nitrogens with one attached hydrogen (secondary N) is 1. The van der Waals surface area contributed by atoms with Crippen LogP contribution in [0.25, 0.3) is 10.9 Å². The van der Waals surface area contributed by atoms with Gasteiger partial charge in [0.25, 0.3) is 0 Å². The van der Waals surface area contributed by atoms with Gasteiger partial charge in [0.15, 0.2) is 0 Å². The van der Waals surface area contributed by atoms with Crippen LogP contribution in [-0.4, -0.2) is 16.5 Å². The van der Waals surface area contributed by atoms with Gasteiger partial charge in [0.1, 0.15) is 11.8 Å². The number of aromatic nitrogens is 2. The fraction of sp³-hybridized carbons (Fsp3) is 0.375. The standard InChI is InChI=1S/C24H25N4/c25-17-19-16-18(13-15-26-19)8-2-1-7-14-27-24-20-9-3-5-11-22(20)28-23-12-6-4-10-21(23)24/h3,5,9,11,13,15H,1-2,4,6-8,10,12,14H2,(H,27,28). The maximum absolute atomic E-state index is 8.91. The molecule has 2 heterocycles. The van der Waals surface area contributed by atoms with Gasteiger partial charge in [-0.2, -0.15) is 5.26 Å². The van der Waals surface area contributed by atoms with E-state index in [1.807, 2.05) is 6.07 Å². The van der Waals surface area contributed by atoms with Crippen molar-refractivity contribution in [2.75, 3.05) is 11.9 Å². The zero-order valence-electron chi connectivity index (χ0n) is 16.2. The molecule has 0 aliphatic heterocycles. The number of hydrogen-bond acceptors (Lipinski definition) is 4. The Hall–Kier alpha value is -2.93. The van der Waals surface area contributed by atoms with Crippen molar-refractivity contribution in [1.82, 2.24) is 9.97 Å². The second kappa shape index (κ2) is 8.84. The average molecular weight is 369 g/mol. The summed E-state index contributed by atoms with van der Waals surface area (Å²) in [5.41, 5.74) is 6.59. The molecule has 0 saturated carbocycles. The van der Waals surface area contributed by atoms with Crippen LogP contribution in [0.5, 0.6) is 0 Å². The Bertz CT molecular complexity index is 1000. The van der Waals surface area contributed by atoms with E-state index >= 15 is 0 Å². The van der Waals surface area contributed by atoms with Crippen molar-refractivity contribution in [2.24, 2.45) is 0 Å². The Morgan fingerprint density at radius 2 is 1.96 bits per heavy atom. The Balaban J connectivity index is 1.35. The van der Waals surface area contributed by atoms with Crippen molar-refractivity contribution in [1.29, 1.82) is 5.26 Å². The minimum Gasteiger partial charge on any atom is -0.384 e. The number of hydrogen-bond donors (Lipinski definition) is 1. The first kappa shape index (κ1) is 18.4. The molecule has 0 fully saturated rings. The molecule has 28 heavy (non-hydrogen) atoms. The smallest absolute Gasteiger partial charge is 0.148 e. The van der Waals surface area contributed by atoms with Crippen LogP contribution in [-0.2, 0) is 19.3 Å². The Kier molecular flexibility index (Phi) is 5.82. The molecule has 0 atom stereocenters. The highest BCUT2D eigenvalue weighted by molar-refractivity contribution is 5.93. The van der Waals surface area contributed by atoms with Gasteiger partial charge < -0.3 is 5.32 Å². The van der Waals surface area contributed by atoms with E-state index in [1.54, 1.807) is 6.20 Å². The first-order valence-electron chi connectivity index (χ1n) is 10.3. The van der Waals surface area contributed by atoms with Gasteiger partial charge in [0, 0.05) is 35.6 Å². The van der Waals surface area contributed by atoms with Crippen LogP contribution in [0.3, 0.4) is 0 Å². The predicted molar refractivity (Wildman–Crippen MR) is 112 cm³/mol. The van der Waals surface area contributed by atoms with E-state index in [-0.39, 0.29) is 0 Å². The monoisotopic (exact) mass is 369 g/mol.